The molecule has 2 amide bonds. The number of anilines is 1. The summed E-state index contributed by atoms with van der Waals surface area (Å²) in [6.07, 6.45) is 0.925. The Hall–Kier alpha value is -1.30. The van der Waals surface area contributed by atoms with Crippen molar-refractivity contribution >= 4 is 23.3 Å². The first-order chi connectivity index (χ1) is 9.69. The van der Waals surface area contributed by atoms with E-state index in [0.29, 0.717) is 18.1 Å². The molecule has 1 aromatic carbocycles. The summed E-state index contributed by atoms with van der Waals surface area (Å²) >= 11 is 5.82. The average molecular weight is 298 g/mol. The van der Waals surface area contributed by atoms with Crippen molar-refractivity contribution in [1.29, 1.82) is 0 Å². The Balaban J connectivity index is 1.87. The minimum atomic E-state index is -0.0850. The minimum Gasteiger partial charge on any atom is -0.395 e. The molecule has 0 unspecified atom stereocenters. The van der Waals surface area contributed by atoms with E-state index in [0.717, 1.165) is 31.7 Å². The van der Waals surface area contributed by atoms with E-state index < -0.39 is 0 Å². The SMILES string of the molecule is O=C(Nc1ccc(Cl)cc1)N1CCCN(CCO)CC1. The molecule has 0 saturated carbocycles. The lowest BCUT2D eigenvalue weighted by Crippen LogP contribution is -2.38. The van der Waals surface area contributed by atoms with Gasteiger partial charge in [-0.05, 0) is 37.2 Å². The van der Waals surface area contributed by atoms with Crippen LogP contribution in [0, 0.1) is 0 Å². The number of halogens is 1. The topological polar surface area (TPSA) is 55.8 Å². The van der Waals surface area contributed by atoms with E-state index in [-0.39, 0.29) is 12.6 Å². The van der Waals surface area contributed by atoms with Gasteiger partial charge < -0.3 is 15.3 Å². The molecule has 110 valence electrons. The third kappa shape index (κ3) is 4.37. The maximum atomic E-state index is 12.2. The molecule has 2 rings (SSSR count). The molecule has 5 nitrogen and oxygen atoms in total. The van der Waals surface area contributed by atoms with Crippen LogP contribution in [0.4, 0.5) is 10.5 Å². The molecule has 1 aliphatic rings. The second-order valence-corrected chi connectivity index (χ2v) is 5.28. The number of aliphatic hydroxyl groups excluding tert-OH is 1. The zero-order chi connectivity index (χ0) is 14.4. The quantitative estimate of drug-likeness (QED) is 0.895. The van der Waals surface area contributed by atoms with E-state index in [1.54, 1.807) is 24.3 Å². The Morgan fingerprint density at radius 1 is 1.20 bits per heavy atom. The summed E-state index contributed by atoms with van der Waals surface area (Å²) in [7, 11) is 0. The van der Waals surface area contributed by atoms with E-state index >= 15 is 0 Å². The number of hydrogen-bond acceptors (Lipinski definition) is 3. The Morgan fingerprint density at radius 3 is 2.65 bits per heavy atom. The van der Waals surface area contributed by atoms with Gasteiger partial charge in [-0.3, -0.25) is 4.90 Å². The Bertz CT molecular complexity index is 439. The highest BCUT2D eigenvalue weighted by Gasteiger charge is 2.18. The first kappa shape index (κ1) is 15.1. The third-order valence-electron chi connectivity index (χ3n) is 3.39. The molecule has 0 bridgehead atoms. The number of aliphatic hydroxyl groups is 1. The summed E-state index contributed by atoms with van der Waals surface area (Å²) in [6.45, 7) is 3.98. The smallest absolute Gasteiger partial charge is 0.321 e. The fourth-order valence-corrected chi connectivity index (χ4v) is 2.40. The molecule has 1 fully saturated rings. The van der Waals surface area contributed by atoms with Crippen molar-refractivity contribution in [2.75, 3.05) is 44.6 Å². The lowest BCUT2D eigenvalue weighted by molar-refractivity contribution is 0.194. The monoisotopic (exact) mass is 297 g/mol. The van der Waals surface area contributed by atoms with Gasteiger partial charge in [-0.15, -0.1) is 0 Å². The number of nitrogens with one attached hydrogen (secondary N) is 1. The number of β-amino-alcohol motifs (C(OH)–C–C–N with tert-alkyl or cyclic N) is 1. The van der Waals surface area contributed by atoms with Gasteiger partial charge in [-0.2, -0.15) is 0 Å². The lowest BCUT2D eigenvalue weighted by atomic mass is 10.3. The Morgan fingerprint density at radius 2 is 1.95 bits per heavy atom. The summed E-state index contributed by atoms with van der Waals surface area (Å²) in [5, 5.41) is 12.5. The van der Waals surface area contributed by atoms with Crippen LogP contribution >= 0.6 is 11.6 Å². The number of benzene rings is 1. The van der Waals surface area contributed by atoms with Gasteiger partial charge in [-0.25, -0.2) is 4.79 Å². The minimum absolute atomic E-state index is 0.0850. The van der Waals surface area contributed by atoms with Gasteiger partial charge in [0.05, 0.1) is 6.61 Å². The summed E-state index contributed by atoms with van der Waals surface area (Å²) in [5.41, 5.74) is 0.746. The first-order valence-corrected chi connectivity index (χ1v) is 7.21. The van der Waals surface area contributed by atoms with Crippen LogP contribution in [0.1, 0.15) is 6.42 Å². The molecule has 0 radical (unpaired) electrons. The Kier molecular flexibility index (Phi) is 5.64. The van der Waals surface area contributed by atoms with Crippen LogP contribution in [-0.2, 0) is 0 Å². The highest BCUT2D eigenvalue weighted by molar-refractivity contribution is 6.30. The number of urea groups is 1. The van der Waals surface area contributed by atoms with Crippen LogP contribution in [0.25, 0.3) is 0 Å². The number of hydrogen-bond donors (Lipinski definition) is 2. The van der Waals surface area contributed by atoms with E-state index in [1.807, 2.05) is 4.90 Å². The standard InChI is InChI=1S/C14H20ClN3O2/c15-12-2-4-13(5-3-12)16-14(20)18-7-1-6-17(8-9-18)10-11-19/h2-5,19H,1,6-11H2,(H,16,20). The molecule has 1 saturated heterocycles. The van der Waals surface area contributed by atoms with E-state index in [1.165, 1.54) is 0 Å². The van der Waals surface area contributed by atoms with Crippen molar-refractivity contribution in [3.63, 3.8) is 0 Å². The van der Waals surface area contributed by atoms with Gasteiger partial charge in [0.2, 0.25) is 0 Å². The van der Waals surface area contributed by atoms with E-state index in [4.69, 9.17) is 16.7 Å². The molecule has 0 atom stereocenters. The van der Waals surface area contributed by atoms with Gasteiger partial charge in [0, 0.05) is 36.9 Å². The predicted octanol–water partition coefficient (Wildman–Crippen LogP) is 1.87. The van der Waals surface area contributed by atoms with E-state index in [2.05, 4.69) is 10.2 Å². The summed E-state index contributed by atoms with van der Waals surface area (Å²) in [6, 6.07) is 7.00. The van der Waals surface area contributed by atoms with Crippen LogP contribution in [0.3, 0.4) is 0 Å². The van der Waals surface area contributed by atoms with Gasteiger partial charge in [0.1, 0.15) is 0 Å². The zero-order valence-electron chi connectivity index (χ0n) is 11.4. The lowest BCUT2D eigenvalue weighted by Gasteiger charge is -2.22. The summed E-state index contributed by atoms with van der Waals surface area (Å²) in [5.74, 6) is 0. The number of amides is 2. The fourth-order valence-electron chi connectivity index (χ4n) is 2.27. The van der Waals surface area contributed by atoms with Crippen LogP contribution in [-0.4, -0.2) is 60.3 Å². The number of nitrogens with zero attached hydrogens (tertiary/aromatic N) is 2. The molecular weight excluding hydrogens is 278 g/mol. The van der Waals surface area contributed by atoms with Crippen molar-refractivity contribution in [2.45, 2.75) is 6.42 Å². The van der Waals surface area contributed by atoms with Gasteiger partial charge >= 0.3 is 6.03 Å². The molecule has 1 aliphatic heterocycles. The molecule has 1 heterocycles. The van der Waals surface area contributed by atoms with Crippen molar-refractivity contribution in [2.24, 2.45) is 0 Å². The highest BCUT2D eigenvalue weighted by Crippen LogP contribution is 2.14. The average Bonchev–Trinajstić information content (AvgIpc) is 2.67. The third-order valence-corrected chi connectivity index (χ3v) is 3.64. The maximum Gasteiger partial charge on any atom is 0.321 e. The molecule has 20 heavy (non-hydrogen) atoms. The van der Waals surface area contributed by atoms with Crippen molar-refractivity contribution in [3.8, 4) is 0 Å². The van der Waals surface area contributed by atoms with Gasteiger partial charge in [-0.1, -0.05) is 11.6 Å². The van der Waals surface area contributed by atoms with Crippen molar-refractivity contribution in [3.05, 3.63) is 29.3 Å². The number of carbonyl (C=O) groups is 1. The van der Waals surface area contributed by atoms with Crippen LogP contribution in [0.2, 0.25) is 5.02 Å². The van der Waals surface area contributed by atoms with Crippen LogP contribution < -0.4 is 5.32 Å². The molecule has 2 N–H and O–H groups in total. The first-order valence-electron chi connectivity index (χ1n) is 6.84. The fraction of sp³-hybridized carbons (Fsp3) is 0.500. The Labute approximate surface area is 124 Å². The summed E-state index contributed by atoms with van der Waals surface area (Å²) < 4.78 is 0. The van der Waals surface area contributed by atoms with E-state index in [9.17, 15) is 4.79 Å². The zero-order valence-corrected chi connectivity index (χ0v) is 12.1. The highest BCUT2D eigenvalue weighted by atomic mass is 35.5. The van der Waals surface area contributed by atoms with Crippen molar-refractivity contribution in [1.82, 2.24) is 9.80 Å². The number of carbonyl (C=O) groups excluding carboxylic acids is 1. The van der Waals surface area contributed by atoms with Gasteiger partial charge in [0.15, 0.2) is 0 Å². The van der Waals surface area contributed by atoms with Crippen LogP contribution in [0.15, 0.2) is 24.3 Å². The molecule has 6 heteroatoms. The molecule has 0 aromatic heterocycles. The molecule has 1 aromatic rings. The largest absolute Gasteiger partial charge is 0.395 e. The van der Waals surface area contributed by atoms with Gasteiger partial charge in [0.25, 0.3) is 0 Å². The predicted molar refractivity (Wildman–Crippen MR) is 80.2 cm³/mol. The second kappa shape index (κ2) is 7.47. The second-order valence-electron chi connectivity index (χ2n) is 4.84. The van der Waals surface area contributed by atoms with Crippen molar-refractivity contribution < 1.29 is 9.90 Å². The molecular formula is C14H20ClN3O2. The van der Waals surface area contributed by atoms with Crippen LogP contribution in [0.5, 0.6) is 0 Å². The summed E-state index contributed by atoms with van der Waals surface area (Å²) in [4.78, 5) is 16.2. The normalized spacial score (nSPS) is 16.8. The number of rotatable bonds is 3. The molecule has 0 spiro atoms. The molecule has 0 aliphatic carbocycles. The maximum absolute atomic E-state index is 12.2.